The van der Waals surface area contributed by atoms with Crippen LogP contribution in [0.3, 0.4) is 0 Å². The van der Waals surface area contributed by atoms with Gasteiger partial charge in [-0.2, -0.15) is 0 Å². The van der Waals surface area contributed by atoms with Gasteiger partial charge in [-0.1, -0.05) is 24.3 Å². The molecule has 100 valence electrons. The van der Waals surface area contributed by atoms with Crippen molar-refractivity contribution in [1.29, 1.82) is 0 Å². The third kappa shape index (κ3) is 3.22. The molecule has 1 heterocycles. The fraction of sp³-hybridized carbons (Fsp3) is 0.462. The van der Waals surface area contributed by atoms with E-state index in [1.807, 2.05) is 17.0 Å². The van der Waals surface area contributed by atoms with Crippen LogP contribution in [0.15, 0.2) is 24.3 Å². The van der Waals surface area contributed by atoms with Gasteiger partial charge in [-0.05, 0) is 11.1 Å². The number of carbonyl (C=O) groups is 1. The summed E-state index contributed by atoms with van der Waals surface area (Å²) in [7, 11) is 1.59. The molecule has 1 aliphatic heterocycles. The van der Waals surface area contributed by atoms with Gasteiger partial charge in [0.25, 0.3) is 0 Å². The monoisotopic (exact) mass is 270 g/mol. The van der Waals surface area contributed by atoms with Gasteiger partial charge in [0, 0.05) is 26.7 Å². The summed E-state index contributed by atoms with van der Waals surface area (Å²) in [6, 6.07) is 8.15. The molecule has 0 fully saturated rings. The number of amides is 1. The Bertz CT molecular complexity index is 383. The zero-order valence-corrected chi connectivity index (χ0v) is 11.3. The van der Waals surface area contributed by atoms with Crippen molar-refractivity contribution in [3.63, 3.8) is 0 Å². The summed E-state index contributed by atoms with van der Waals surface area (Å²) in [6.45, 7) is 1.79. The highest BCUT2D eigenvalue weighted by molar-refractivity contribution is 5.85. The Kier molecular flexibility index (Phi) is 5.59. The normalized spacial score (nSPS) is 14.9. The number of ether oxygens (including phenoxy) is 1. The summed E-state index contributed by atoms with van der Waals surface area (Å²) in [5, 5.41) is 0. The first-order valence-corrected chi connectivity index (χ1v) is 5.82. The van der Waals surface area contributed by atoms with E-state index in [0.717, 1.165) is 0 Å². The second-order valence-electron chi connectivity index (χ2n) is 4.32. The third-order valence-corrected chi connectivity index (χ3v) is 3.19. The lowest BCUT2D eigenvalue weighted by atomic mass is 10.1. The van der Waals surface area contributed by atoms with E-state index in [9.17, 15) is 4.79 Å². The average molecular weight is 271 g/mol. The van der Waals surface area contributed by atoms with Crippen LogP contribution in [0.4, 0.5) is 0 Å². The van der Waals surface area contributed by atoms with Crippen molar-refractivity contribution in [2.45, 2.75) is 25.6 Å². The molecule has 1 aromatic carbocycles. The first kappa shape index (κ1) is 15.0. The third-order valence-electron chi connectivity index (χ3n) is 3.19. The van der Waals surface area contributed by atoms with Crippen LogP contribution in [-0.4, -0.2) is 30.6 Å². The van der Waals surface area contributed by atoms with Crippen LogP contribution < -0.4 is 5.73 Å². The molecule has 0 spiro atoms. The van der Waals surface area contributed by atoms with Gasteiger partial charge in [-0.25, -0.2) is 0 Å². The van der Waals surface area contributed by atoms with Crippen molar-refractivity contribution in [3.05, 3.63) is 35.4 Å². The highest BCUT2D eigenvalue weighted by Gasteiger charge is 2.24. The summed E-state index contributed by atoms with van der Waals surface area (Å²) in [4.78, 5) is 13.9. The Balaban J connectivity index is 0.00000162. The van der Waals surface area contributed by atoms with Crippen molar-refractivity contribution in [1.82, 2.24) is 4.90 Å². The average Bonchev–Trinajstić information content (AvgIpc) is 2.79. The van der Waals surface area contributed by atoms with Gasteiger partial charge in [0.1, 0.15) is 0 Å². The first-order valence-electron chi connectivity index (χ1n) is 5.82. The lowest BCUT2D eigenvalue weighted by Gasteiger charge is -2.19. The van der Waals surface area contributed by atoms with Gasteiger partial charge in [-0.15, -0.1) is 12.4 Å². The summed E-state index contributed by atoms with van der Waals surface area (Å²) in [6.07, 6.45) is 0.187. The predicted octanol–water partition coefficient (Wildman–Crippen LogP) is 1.31. The summed E-state index contributed by atoms with van der Waals surface area (Å²) < 4.78 is 5.13. The minimum atomic E-state index is -0.175. The molecule has 0 saturated heterocycles. The van der Waals surface area contributed by atoms with Crippen LogP contribution >= 0.6 is 12.4 Å². The van der Waals surface area contributed by atoms with E-state index < -0.39 is 0 Å². The van der Waals surface area contributed by atoms with Gasteiger partial charge in [0.2, 0.25) is 5.91 Å². The molecule has 0 radical (unpaired) electrons. The maximum absolute atomic E-state index is 12.0. The number of nitrogens with zero attached hydrogens (tertiary/aromatic N) is 1. The molecule has 0 saturated carbocycles. The molecule has 18 heavy (non-hydrogen) atoms. The van der Waals surface area contributed by atoms with E-state index >= 15 is 0 Å². The van der Waals surface area contributed by atoms with E-state index in [-0.39, 0.29) is 24.4 Å². The summed E-state index contributed by atoms with van der Waals surface area (Å²) in [5.41, 5.74) is 8.00. The predicted molar refractivity (Wildman–Crippen MR) is 72.4 cm³/mol. The molecule has 4 nitrogen and oxygen atoms in total. The molecule has 2 N–H and O–H groups in total. The standard InChI is InChI=1S/C13H18N2O2.ClH/c1-17-12(7-14)6-13(16)15-8-10-4-2-3-5-11(10)9-15;/h2-5,12H,6-9,14H2,1H3;1H. The van der Waals surface area contributed by atoms with E-state index in [0.29, 0.717) is 26.1 Å². The molecule has 1 unspecified atom stereocenters. The molecule has 1 aliphatic rings. The van der Waals surface area contributed by atoms with E-state index in [1.165, 1.54) is 11.1 Å². The Morgan fingerprint density at radius 3 is 2.39 bits per heavy atom. The SMILES string of the molecule is COC(CN)CC(=O)N1Cc2ccccc2C1.Cl. The van der Waals surface area contributed by atoms with Gasteiger partial charge in [-0.3, -0.25) is 4.79 Å². The number of fused-ring (bicyclic) bond motifs is 1. The molecule has 5 heteroatoms. The van der Waals surface area contributed by atoms with Crippen LogP contribution in [0.5, 0.6) is 0 Å². The molecule has 2 rings (SSSR count). The number of rotatable bonds is 4. The van der Waals surface area contributed by atoms with Crippen LogP contribution in [-0.2, 0) is 22.6 Å². The van der Waals surface area contributed by atoms with E-state index in [2.05, 4.69) is 12.1 Å². The van der Waals surface area contributed by atoms with Gasteiger partial charge < -0.3 is 15.4 Å². The lowest BCUT2D eigenvalue weighted by molar-refractivity contribution is -0.134. The molecule has 0 aromatic heterocycles. The number of hydrogen-bond acceptors (Lipinski definition) is 3. The van der Waals surface area contributed by atoms with Crippen molar-refractivity contribution in [2.24, 2.45) is 5.73 Å². The zero-order valence-electron chi connectivity index (χ0n) is 10.5. The second kappa shape index (κ2) is 6.73. The summed E-state index contributed by atoms with van der Waals surface area (Å²) in [5.74, 6) is 0.110. The number of nitrogens with two attached hydrogens (primary N) is 1. The number of methoxy groups -OCH3 is 1. The number of hydrogen-bond donors (Lipinski definition) is 1. The molecule has 1 atom stereocenters. The van der Waals surface area contributed by atoms with Crippen LogP contribution in [0.1, 0.15) is 17.5 Å². The largest absolute Gasteiger partial charge is 0.380 e. The maximum Gasteiger partial charge on any atom is 0.225 e. The highest BCUT2D eigenvalue weighted by atomic mass is 35.5. The van der Waals surface area contributed by atoms with Crippen molar-refractivity contribution < 1.29 is 9.53 Å². The second-order valence-corrected chi connectivity index (χ2v) is 4.32. The fourth-order valence-corrected chi connectivity index (χ4v) is 2.10. The van der Waals surface area contributed by atoms with E-state index in [4.69, 9.17) is 10.5 Å². The molecule has 0 aliphatic carbocycles. The van der Waals surface area contributed by atoms with Crippen molar-refractivity contribution in [3.8, 4) is 0 Å². The lowest BCUT2D eigenvalue weighted by Crippen LogP contribution is -2.33. The number of halogens is 1. The quantitative estimate of drug-likeness (QED) is 0.898. The number of benzene rings is 1. The first-order chi connectivity index (χ1) is 8.24. The van der Waals surface area contributed by atoms with Gasteiger partial charge >= 0.3 is 0 Å². The molecular weight excluding hydrogens is 252 g/mol. The maximum atomic E-state index is 12.0. The highest BCUT2D eigenvalue weighted by Crippen LogP contribution is 2.23. The smallest absolute Gasteiger partial charge is 0.225 e. The van der Waals surface area contributed by atoms with Crippen molar-refractivity contribution in [2.75, 3.05) is 13.7 Å². The molecule has 1 amide bonds. The molecule has 0 bridgehead atoms. The van der Waals surface area contributed by atoms with Gasteiger partial charge in [0.05, 0.1) is 12.5 Å². The zero-order chi connectivity index (χ0) is 12.3. The Morgan fingerprint density at radius 2 is 1.94 bits per heavy atom. The van der Waals surface area contributed by atoms with Crippen LogP contribution in [0.2, 0.25) is 0 Å². The van der Waals surface area contributed by atoms with Crippen LogP contribution in [0.25, 0.3) is 0 Å². The van der Waals surface area contributed by atoms with Crippen LogP contribution in [0, 0.1) is 0 Å². The fourth-order valence-electron chi connectivity index (χ4n) is 2.10. The van der Waals surface area contributed by atoms with E-state index in [1.54, 1.807) is 7.11 Å². The Hall–Kier alpha value is -1.10. The minimum Gasteiger partial charge on any atom is -0.380 e. The Labute approximate surface area is 114 Å². The molecule has 1 aromatic rings. The van der Waals surface area contributed by atoms with Gasteiger partial charge in [0.15, 0.2) is 0 Å². The number of carbonyl (C=O) groups excluding carboxylic acids is 1. The van der Waals surface area contributed by atoms with Crippen molar-refractivity contribution >= 4 is 18.3 Å². The summed E-state index contributed by atoms with van der Waals surface area (Å²) >= 11 is 0. The minimum absolute atomic E-state index is 0. The Morgan fingerprint density at radius 1 is 1.39 bits per heavy atom. The molecular formula is C13H19ClN2O2. The topological polar surface area (TPSA) is 55.6 Å².